The van der Waals surface area contributed by atoms with Crippen molar-refractivity contribution in [3.8, 4) is 22.3 Å². The van der Waals surface area contributed by atoms with Crippen LogP contribution in [0.1, 0.15) is 27.8 Å². The Kier molecular flexibility index (Phi) is 21.8. The first-order valence-electron chi connectivity index (χ1n) is 35.5. The van der Waals surface area contributed by atoms with E-state index in [2.05, 4.69) is 420 Å². The monoisotopic (exact) mass is 1330 g/mol. The highest BCUT2D eigenvalue weighted by atomic mass is 14.2. The molecule has 0 spiro atoms. The number of hydrogen-bond donors (Lipinski definition) is 0. The van der Waals surface area contributed by atoms with Gasteiger partial charge < -0.3 is 0 Å². The van der Waals surface area contributed by atoms with Crippen LogP contribution in [-0.2, 0) is 0 Å². The van der Waals surface area contributed by atoms with Crippen LogP contribution in [0.25, 0.3) is 131 Å². The molecule has 0 radical (unpaired) electrons. The summed E-state index contributed by atoms with van der Waals surface area (Å²) in [5, 5.41) is 21.2. The van der Waals surface area contributed by atoms with Crippen molar-refractivity contribution < 1.29 is 0 Å². The number of hydrogen-bond acceptors (Lipinski definition) is 0. The minimum absolute atomic E-state index is 1.02. The molecule has 19 rings (SSSR count). The molecule has 0 nitrogen and oxygen atoms in total. The van der Waals surface area contributed by atoms with Crippen LogP contribution in [0.5, 0.6) is 0 Å². The standard InChI is InChI=1S/C28H22.C26H18.C16H10.C14H10.C10H8.C10H10/c1-22(23-14-6-2-7-15-23)27(24-16-8-3-9-17-24)28(25-18-10-4-11-19-25)26-20-12-5-13-21-26;1-3-11-19(12-4-1)25-21-15-7-9-17-23(21)26(20-13-5-2-6-14-20)24-18-10-8-16-22(24)25;1-3-11-7-9-13-5-2-6-14-10-8-12(4-1)15(11)16(13)14;1-2-6-12-10-14-8-4-3-7-13(14)9-11(12)5-1;1-2-6-10-8-4-3-7-9(10)5-1;1-2-3-7-10-8-5-4-6-9-10/h2-21H,1H2;1-18H;1-10H;1-10H;1-8H;2-9H,1H2. The fraction of sp³-hybridized carbons (Fsp3) is 0. The molecule has 0 fully saturated rings. The molecule has 0 aliphatic heterocycles. The fourth-order valence-corrected chi connectivity index (χ4v) is 13.9. The molecule has 0 unspecified atom stereocenters. The molecule has 0 amide bonds. The van der Waals surface area contributed by atoms with Crippen molar-refractivity contribution in [3.05, 3.63) is 484 Å². The van der Waals surface area contributed by atoms with E-state index in [0.29, 0.717) is 0 Å². The largest absolute Gasteiger partial charge is 0.0991 e. The van der Waals surface area contributed by atoms with Crippen molar-refractivity contribution in [1.29, 1.82) is 0 Å². The van der Waals surface area contributed by atoms with Crippen LogP contribution < -0.4 is 0 Å². The lowest BCUT2D eigenvalue weighted by Gasteiger charge is -2.19. The second-order valence-electron chi connectivity index (χ2n) is 25.5. The third-order valence-corrected chi connectivity index (χ3v) is 18.8. The molecule has 0 aliphatic rings. The Morgan fingerprint density at radius 1 is 0.221 bits per heavy atom. The van der Waals surface area contributed by atoms with E-state index in [1.165, 1.54) is 136 Å². The highest BCUT2D eigenvalue weighted by Gasteiger charge is 2.19. The van der Waals surface area contributed by atoms with Crippen molar-refractivity contribution in [3.63, 3.8) is 0 Å². The van der Waals surface area contributed by atoms with Gasteiger partial charge in [-0.3, -0.25) is 0 Å². The Bertz CT molecular complexity index is 5580. The van der Waals surface area contributed by atoms with Crippen LogP contribution in [0.3, 0.4) is 0 Å². The average molecular weight is 1330 g/mol. The van der Waals surface area contributed by atoms with Gasteiger partial charge in [0.25, 0.3) is 0 Å². The van der Waals surface area contributed by atoms with Gasteiger partial charge in [0.15, 0.2) is 0 Å². The summed E-state index contributed by atoms with van der Waals surface area (Å²) in [6.07, 6.45) is 5.72. The predicted molar refractivity (Wildman–Crippen MR) is 454 cm³/mol. The van der Waals surface area contributed by atoms with Crippen LogP contribution >= 0.6 is 0 Å². The summed E-state index contributed by atoms with van der Waals surface area (Å²) in [6, 6.07) is 151. The summed E-state index contributed by atoms with van der Waals surface area (Å²) in [7, 11) is 0. The average Bonchev–Trinajstić information content (AvgIpc) is 0.750. The van der Waals surface area contributed by atoms with Crippen LogP contribution in [0.15, 0.2) is 456 Å². The van der Waals surface area contributed by atoms with E-state index in [4.69, 9.17) is 0 Å². The zero-order chi connectivity index (χ0) is 70.5. The van der Waals surface area contributed by atoms with Gasteiger partial charge in [-0.05, 0) is 165 Å². The van der Waals surface area contributed by atoms with E-state index in [1.807, 2.05) is 36.4 Å². The summed E-state index contributed by atoms with van der Waals surface area (Å²) in [6.45, 7) is 8.10. The molecule has 0 N–H and O–H groups in total. The zero-order valence-electron chi connectivity index (χ0n) is 58.1. The summed E-state index contributed by atoms with van der Waals surface area (Å²) < 4.78 is 0. The first kappa shape index (κ1) is 67.7. The van der Waals surface area contributed by atoms with Crippen molar-refractivity contribution in [2.24, 2.45) is 0 Å². The Morgan fingerprint density at radius 3 is 0.808 bits per heavy atom. The van der Waals surface area contributed by atoms with Crippen molar-refractivity contribution in [2.75, 3.05) is 0 Å². The van der Waals surface area contributed by atoms with Gasteiger partial charge in [-0.25, -0.2) is 0 Å². The van der Waals surface area contributed by atoms with E-state index in [9.17, 15) is 0 Å². The number of allylic oxidation sites excluding steroid dienone is 4. The molecule has 0 bridgehead atoms. The maximum absolute atomic E-state index is 4.52. The number of rotatable bonds is 9. The van der Waals surface area contributed by atoms with Gasteiger partial charge in [0.05, 0.1) is 0 Å². The SMILES string of the molecule is C=C(C(=C(c1ccccc1)c1ccccc1)c1ccccc1)c1ccccc1.C=CC=Cc1ccccc1.c1cc2ccc3cccc4ccc(c1)c2c34.c1ccc(-c2c3ccccc3c(-c3ccccc3)c3ccccc23)cc1.c1ccc2cc3ccccc3cc2c1.c1ccc2ccccc2c1. The van der Waals surface area contributed by atoms with Gasteiger partial charge in [-0.1, -0.05) is 450 Å². The normalized spacial score (nSPS) is 10.7. The molecule has 494 valence electrons. The van der Waals surface area contributed by atoms with Crippen molar-refractivity contribution in [1.82, 2.24) is 0 Å². The maximum atomic E-state index is 4.52. The zero-order valence-corrected chi connectivity index (χ0v) is 58.1. The molecular weight excluding hydrogens is 1250 g/mol. The smallest absolute Gasteiger partial charge is 0.00264 e. The first-order valence-corrected chi connectivity index (χ1v) is 35.5. The Hall–Kier alpha value is -13.5. The molecule has 104 heavy (non-hydrogen) atoms. The van der Waals surface area contributed by atoms with Crippen molar-refractivity contribution in [2.45, 2.75) is 0 Å². The second kappa shape index (κ2) is 33.6. The van der Waals surface area contributed by atoms with Gasteiger partial charge in [0.2, 0.25) is 0 Å². The lowest BCUT2D eigenvalue weighted by Crippen LogP contribution is -1.97. The highest BCUT2D eigenvalue weighted by Crippen LogP contribution is 2.44. The first-order chi connectivity index (χ1) is 51.5. The van der Waals surface area contributed by atoms with Gasteiger partial charge in [-0.15, -0.1) is 0 Å². The van der Waals surface area contributed by atoms with E-state index < -0.39 is 0 Å². The predicted octanol–water partition coefficient (Wildman–Crippen LogP) is 29.0. The van der Waals surface area contributed by atoms with Crippen molar-refractivity contribution >= 4 is 109 Å². The van der Waals surface area contributed by atoms with Crippen LogP contribution in [0, 0.1) is 0 Å². The number of benzene rings is 19. The lowest BCUT2D eigenvalue weighted by molar-refractivity contribution is 1.53. The third-order valence-electron chi connectivity index (χ3n) is 18.8. The Balaban J connectivity index is 0.000000110. The van der Waals surface area contributed by atoms with E-state index in [1.54, 1.807) is 6.08 Å². The maximum Gasteiger partial charge on any atom is -0.00264 e. The van der Waals surface area contributed by atoms with E-state index >= 15 is 0 Å². The molecule has 19 aromatic rings. The molecule has 0 saturated carbocycles. The highest BCUT2D eigenvalue weighted by molar-refractivity contribution is 6.24. The summed E-state index contributed by atoms with van der Waals surface area (Å²) in [5.74, 6) is 0. The Morgan fingerprint density at radius 2 is 0.481 bits per heavy atom. The fourth-order valence-electron chi connectivity index (χ4n) is 13.9. The minimum Gasteiger partial charge on any atom is -0.0991 e. The molecule has 0 atom stereocenters. The van der Waals surface area contributed by atoms with E-state index in [0.717, 1.165) is 16.7 Å². The summed E-state index contributed by atoms with van der Waals surface area (Å²) >= 11 is 0. The molecular formula is C104H78. The van der Waals surface area contributed by atoms with Crippen LogP contribution in [-0.4, -0.2) is 0 Å². The molecule has 19 aromatic carbocycles. The molecule has 0 aromatic heterocycles. The summed E-state index contributed by atoms with van der Waals surface area (Å²) in [5.41, 5.74) is 14.4. The molecule has 0 aliphatic carbocycles. The van der Waals surface area contributed by atoms with Gasteiger partial charge >= 0.3 is 0 Å². The topological polar surface area (TPSA) is 0 Å². The molecule has 0 saturated heterocycles. The van der Waals surface area contributed by atoms with Gasteiger partial charge in [0.1, 0.15) is 0 Å². The lowest BCUT2D eigenvalue weighted by atomic mass is 9.84. The van der Waals surface area contributed by atoms with Crippen LogP contribution in [0.4, 0.5) is 0 Å². The molecule has 0 heteroatoms. The van der Waals surface area contributed by atoms with Gasteiger partial charge in [0, 0.05) is 0 Å². The van der Waals surface area contributed by atoms with Crippen LogP contribution in [0.2, 0.25) is 0 Å². The minimum atomic E-state index is 1.02. The third kappa shape index (κ3) is 15.9. The quantitative estimate of drug-likeness (QED) is 0.0585. The Labute approximate surface area is 611 Å². The summed E-state index contributed by atoms with van der Waals surface area (Å²) in [4.78, 5) is 0. The van der Waals surface area contributed by atoms with Gasteiger partial charge in [-0.2, -0.15) is 0 Å². The van der Waals surface area contributed by atoms with E-state index in [-0.39, 0.29) is 0 Å². The number of fused-ring (bicyclic) bond motifs is 5. The molecule has 0 heterocycles. The second-order valence-corrected chi connectivity index (χ2v) is 25.5.